The molecule has 0 unspecified atom stereocenters. The normalized spacial score (nSPS) is 17.0. The molecule has 6 rings (SSSR count). The standard InChI is InChI=1S/C33H36N4O4/c1-33(2,32-35-27-14-12-24(40-3)18-29(27)36-32)37-31(39)22-10-13-25-26(20-7-5-4-6-8-20)15-21-9-11-23(38)17-30(21)41-19-34-28(25)16-22/h9-18,20,34,38H,4-8,19H2,1-3H3,(H,35,36)(H,37,39)/b26-15+. The van der Waals surface area contributed by atoms with Crippen molar-refractivity contribution in [3.05, 3.63) is 77.1 Å². The minimum Gasteiger partial charge on any atom is -0.508 e. The summed E-state index contributed by atoms with van der Waals surface area (Å²) >= 11 is 0. The fourth-order valence-corrected chi connectivity index (χ4v) is 5.87. The number of fused-ring (bicyclic) bond motifs is 3. The van der Waals surface area contributed by atoms with Crippen molar-refractivity contribution in [3.63, 3.8) is 0 Å². The van der Waals surface area contributed by atoms with Gasteiger partial charge in [-0.05, 0) is 80.7 Å². The van der Waals surface area contributed by atoms with Crippen molar-refractivity contribution < 1.29 is 19.4 Å². The van der Waals surface area contributed by atoms with Gasteiger partial charge >= 0.3 is 0 Å². The Bertz CT molecular complexity index is 1630. The van der Waals surface area contributed by atoms with Crippen LogP contribution in [-0.2, 0) is 5.54 Å². The van der Waals surface area contributed by atoms with E-state index in [1.54, 1.807) is 19.2 Å². The lowest BCUT2D eigenvalue weighted by molar-refractivity contribution is 0.0909. The van der Waals surface area contributed by atoms with E-state index in [2.05, 4.69) is 21.7 Å². The van der Waals surface area contributed by atoms with Gasteiger partial charge in [-0.1, -0.05) is 25.3 Å². The highest BCUT2D eigenvalue weighted by Gasteiger charge is 2.28. The minimum atomic E-state index is -0.752. The predicted molar refractivity (Wildman–Crippen MR) is 161 cm³/mol. The molecule has 2 aliphatic rings. The first-order valence-electron chi connectivity index (χ1n) is 14.2. The molecule has 8 heteroatoms. The zero-order chi connectivity index (χ0) is 28.6. The number of H-pyrrole nitrogens is 1. The minimum absolute atomic E-state index is 0.165. The van der Waals surface area contributed by atoms with Crippen LogP contribution in [0.3, 0.4) is 0 Å². The third-order valence-electron chi connectivity index (χ3n) is 8.14. The van der Waals surface area contributed by atoms with Crippen molar-refractivity contribution in [1.29, 1.82) is 0 Å². The van der Waals surface area contributed by atoms with E-state index in [1.165, 1.54) is 24.8 Å². The second-order valence-corrected chi connectivity index (χ2v) is 11.4. The maximum Gasteiger partial charge on any atom is 0.252 e. The molecule has 0 atom stereocenters. The van der Waals surface area contributed by atoms with E-state index in [9.17, 15) is 9.90 Å². The van der Waals surface area contributed by atoms with Crippen LogP contribution in [0.4, 0.5) is 5.69 Å². The van der Waals surface area contributed by atoms with Crippen LogP contribution in [0, 0.1) is 5.92 Å². The second-order valence-electron chi connectivity index (χ2n) is 11.4. The topological polar surface area (TPSA) is 108 Å². The van der Waals surface area contributed by atoms with E-state index in [0.717, 1.165) is 46.4 Å². The molecule has 0 spiro atoms. The van der Waals surface area contributed by atoms with Crippen LogP contribution in [0.5, 0.6) is 17.2 Å². The number of benzene rings is 3. The number of imidazole rings is 1. The van der Waals surface area contributed by atoms with Gasteiger partial charge in [0.15, 0.2) is 6.73 Å². The maximum absolute atomic E-state index is 13.6. The van der Waals surface area contributed by atoms with E-state index in [-0.39, 0.29) is 18.4 Å². The number of rotatable bonds is 5. The first kappa shape index (κ1) is 26.7. The molecule has 8 nitrogen and oxygen atoms in total. The Morgan fingerprint density at radius 3 is 2.71 bits per heavy atom. The molecule has 1 aliphatic heterocycles. The average molecular weight is 553 g/mol. The highest BCUT2D eigenvalue weighted by atomic mass is 16.5. The summed E-state index contributed by atoms with van der Waals surface area (Å²) in [6.45, 7) is 4.06. The van der Waals surface area contributed by atoms with E-state index in [1.807, 2.05) is 56.3 Å². The Kier molecular flexibility index (Phi) is 7.07. The number of methoxy groups -OCH3 is 1. The van der Waals surface area contributed by atoms with Gasteiger partial charge in [0.2, 0.25) is 0 Å². The Morgan fingerprint density at radius 2 is 1.90 bits per heavy atom. The summed E-state index contributed by atoms with van der Waals surface area (Å²) in [6.07, 6.45) is 8.10. The lowest BCUT2D eigenvalue weighted by atomic mass is 9.79. The number of aromatic nitrogens is 2. The number of carbonyl (C=O) groups is 1. The monoisotopic (exact) mass is 552 g/mol. The molecule has 1 saturated carbocycles. The molecule has 4 N–H and O–H groups in total. The summed E-state index contributed by atoms with van der Waals surface area (Å²) in [7, 11) is 1.63. The molecule has 212 valence electrons. The number of nitrogens with one attached hydrogen (secondary N) is 3. The van der Waals surface area contributed by atoms with E-state index >= 15 is 0 Å². The van der Waals surface area contributed by atoms with Crippen molar-refractivity contribution in [2.24, 2.45) is 5.92 Å². The van der Waals surface area contributed by atoms with Gasteiger partial charge in [0.1, 0.15) is 23.1 Å². The molecular weight excluding hydrogens is 516 g/mol. The third-order valence-corrected chi connectivity index (χ3v) is 8.14. The maximum atomic E-state index is 13.6. The smallest absolute Gasteiger partial charge is 0.252 e. The number of nitrogens with zero attached hydrogens (tertiary/aromatic N) is 1. The molecule has 1 aromatic heterocycles. The lowest BCUT2D eigenvalue weighted by Crippen LogP contribution is -2.41. The summed E-state index contributed by atoms with van der Waals surface area (Å²) in [5.74, 6) is 2.40. The van der Waals surface area contributed by atoms with Gasteiger partial charge in [0.25, 0.3) is 5.91 Å². The van der Waals surface area contributed by atoms with Crippen molar-refractivity contribution in [2.45, 2.75) is 51.5 Å². The van der Waals surface area contributed by atoms with Gasteiger partial charge < -0.3 is 30.2 Å². The summed E-state index contributed by atoms with van der Waals surface area (Å²) in [4.78, 5) is 21.6. The number of amides is 1. The molecule has 1 amide bonds. The van der Waals surface area contributed by atoms with Gasteiger partial charge in [-0.3, -0.25) is 4.79 Å². The largest absolute Gasteiger partial charge is 0.508 e. The molecule has 1 aliphatic carbocycles. The van der Waals surface area contributed by atoms with Crippen LogP contribution in [0.25, 0.3) is 22.7 Å². The predicted octanol–water partition coefficient (Wildman–Crippen LogP) is 6.82. The highest BCUT2D eigenvalue weighted by Crippen LogP contribution is 2.42. The van der Waals surface area contributed by atoms with Gasteiger partial charge in [0.05, 0.1) is 23.7 Å². The molecule has 4 aromatic rings. The fraction of sp³-hybridized carbons (Fsp3) is 0.333. The number of aromatic amines is 1. The van der Waals surface area contributed by atoms with Crippen LogP contribution in [0.1, 0.15) is 73.3 Å². The Labute approximate surface area is 239 Å². The molecule has 3 aromatic carbocycles. The number of aromatic hydroxyl groups is 1. The van der Waals surface area contributed by atoms with Crippen LogP contribution < -0.4 is 20.1 Å². The highest BCUT2D eigenvalue weighted by molar-refractivity contribution is 5.98. The number of phenols is 1. The molecule has 41 heavy (non-hydrogen) atoms. The van der Waals surface area contributed by atoms with E-state index in [0.29, 0.717) is 23.1 Å². The van der Waals surface area contributed by atoms with Crippen LogP contribution in [0.2, 0.25) is 0 Å². The van der Waals surface area contributed by atoms with Gasteiger partial charge in [-0.2, -0.15) is 0 Å². The summed E-state index contributed by atoms with van der Waals surface area (Å²) < 4.78 is 11.4. The van der Waals surface area contributed by atoms with Crippen molar-refractivity contribution >= 4 is 34.3 Å². The van der Waals surface area contributed by atoms with Crippen LogP contribution >= 0.6 is 0 Å². The summed E-state index contributed by atoms with van der Waals surface area (Å²) in [5, 5.41) is 16.6. The number of anilines is 1. The number of phenolic OH excluding ortho intramolecular Hbond substituents is 1. The van der Waals surface area contributed by atoms with Crippen molar-refractivity contribution in [1.82, 2.24) is 15.3 Å². The second kappa shape index (κ2) is 10.8. The number of ether oxygens (including phenoxy) is 2. The zero-order valence-electron chi connectivity index (χ0n) is 23.7. The third kappa shape index (κ3) is 5.46. The number of hydrogen-bond acceptors (Lipinski definition) is 6. The summed E-state index contributed by atoms with van der Waals surface area (Å²) in [6, 6.07) is 16.7. The number of allylic oxidation sites excluding steroid dienone is 1. The SMILES string of the molecule is COc1ccc2nc(C(C)(C)NC(=O)c3ccc4c(c3)NCOc3cc(O)ccc3/C=C/4C3CCCCC3)[nH]c2c1. The van der Waals surface area contributed by atoms with Gasteiger partial charge in [0, 0.05) is 34.5 Å². The Balaban J connectivity index is 1.32. The first-order chi connectivity index (χ1) is 19.8. The zero-order valence-corrected chi connectivity index (χ0v) is 23.7. The molecule has 0 bridgehead atoms. The molecule has 0 saturated heterocycles. The Hall–Kier alpha value is -4.46. The first-order valence-corrected chi connectivity index (χ1v) is 14.2. The number of carbonyl (C=O) groups excluding carboxylic acids is 1. The van der Waals surface area contributed by atoms with Gasteiger partial charge in [-0.25, -0.2) is 4.98 Å². The fourth-order valence-electron chi connectivity index (χ4n) is 5.87. The molecule has 1 fully saturated rings. The van der Waals surface area contributed by atoms with Crippen molar-refractivity contribution in [3.8, 4) is 17.2 Å². The quantitative estimate of drug-likeness (QED) is 0.216. The summed E-state index contributed by atoms with van der Waals surface area (Å²) in [5.41, 5.74) is 5.53. The number of hydrogen-bond donors (Lipinski definition) is 4. The molecule has 0 radical (unpaired) electrons. The van der Waals surface area contributed by atoms with E-state index < -0.39 is 5.54 Å². The van der Waals surface area contributed by atoms with Crippen LogP contribution in [-0.4, -0.2) is 34.8 Å². The average Bonchev–Trinajstić information content (AvgIpc) is 3.44. The Morgan fingerprint density at radius 1 is 1.07 bits per heavy atom. The lowest BCUT2D eigenvalue weighted by Gasteiger charge is -2.27. The molecular formula is C33H36N4O4. The van der Waals surface area contributed by atoms with Crippen LogP contribution in [0.15, 0.2) is 54.6 Å². The van der Waals surface area contributed by atoms with E-state index in [4.69, 9.17) is 14.5 Å². The van der Waals surface area contributed by atoms with Crippen molar-refractivity contribution in [2.75, 3.05) is 19.2 Å². The molecule has 2 heterocycles. The van der Waals surface area contributed by atoms with Gasteiger partial charge in [-0.15, -0.1) is 0 Å².